The third-order valence-electron chi connectivity index (χ3n) is 2.37. The van der Waals surface area contributed by atoms with E-state index in [1.54, 1.807) is 0 Å². The van der Waals surface area contributed by atoms with Gasteiger partial charge < -0.3 is 15.2 Å². The number of hydrogen-bond donors (Lipinski definition) is 1. The molecule has 0 saturated carbocycles. The van der Waals surface area contributed by atoms with Crippen LogP contribution in [-0.4, -0.2) is 40.7 Å². The van der Waals surface area contributed by atoms with Gasteiger partial charge in [0.05, 0.1) is 0 Å². The zero-order valence-corrected chi connectivity index (χ0v) is 7.52. The lowest BCUT2D eigenvalue weighted by Crippen LogP contribution is -2.28. The summed E-state index contributed by atoms with van der Waals surface area (Å²) < 4.78 is 4.65. The molecule has 2 heterocycles. The molecule has 0 aliphatic carbocycles. The fourth-order valence-electron chi connectivity index (χ4n) is 1.63. The highest BCUT2D eigenvalue weighted by Gasteiger charge is 2.18. The van der Waals surface area contributed by atoms with E-state index < -0.39 is 0 Å². The van der Waals surface area contributed by atoms with Crippen molar-refractivity contribution in [2.45, 2.75) is 18.9 Å². The van der Waals surface area contributed by atoms with Crippen molar-refractivity contribution >= 4 is 0 Å². The summed E-state index contributed by atoms with van der Waals surface area (Å²) >= 11 is 0. The standard InChI is InChI=1S/C8H14N4O/c9-7-1-3-12(5-7)4-2-8-10-6-13-11-8/h6-7H,1-5,9H2. The van der Waals surface area contributed by atoms with E-state index in [0.29, 0.717) is 6.04 Å². The highest BCUT2D eigenvalue weighted by Crippen LogP contribution is 2.06. The Balaban J connectivity index is 1.74. The largest absolute Gasteiger partial charge is 0.343 e. The summed E-state index contributed by atoms with van der Waals surface area (Å²) in [5.74, 6) is 0.778. The van der Waals surface area contributed by atoms with Gasteiger partial charge in [0.15, 0.2) is 5.82 Å². The topological polar surface area (TPSA) is 68.2 Å². The molecule has 2 N–H and O–H groups in total. The third kappa shape index (κ3) is 2.26. The number of rotatable bonds is 3. The van der Waals surface area contributed by atoms with Crippen LogP contribution in [0.15, 0.2) is 10.9 Å². The number of aromatic nitrogens is 2. The second-order valence-corrected chi connectivity index (χ2v) is 3.45. The van der Waals surface area contributed by atoms with Crippen LogP contribution < -0.4 is 5.73 Å². The van der Waals surface area contributed by atoms with E-state index in [1.165, 1.54) is 6.39 Å². The van der Waals surface area contributed by atoms with E-state index in [0.717, 1.165) is 38.3 Å². The van der Waals surface area contributed by atoms with Crippen LogP contribution in [0.3, 0.4) is 0 Å². The predicted octanol–water partition coefficient (Wildman–Crippen LogP) is -0.355. The summed E-state index contributed by atoms with van der Waals surface area (Å²) in [4.78, 5) is 6.29. The minimum absolute atomic E-state index is 0.352. The quantitative estimate of drug-likeness (QED) is 0.691. The molecule has 13 heavy (non-hydrogen) atoms. The first kappa shape index (κ1) is 8.65. The second-order valence-electron chi connectivity index (χ2n) is 3.45. The lowest BCUT2D eigenvalue weighted by molar-refractivity contribution is 0.332. The molecule has 1 aliphatic heterocycles. The van der Waals surface area contributed by atoms with Crippen molar-refractivity contribution in [2.75, 3.05) is 19.6 Å². The Morgan fingerprint density at radius 2 is 2.62 bits per heavy atom. The van der Waals surface area contributed by atoms with E-state index in [-0.39, 0.29) is 0 Å². The van der Waals surface area contributed by atoms with Crippen LogP contribution in [0.5, 0.6) is 0 Å². The van der Waals surface area contributed by atoms with Gasteiger partial charge >= 0.3 is 0 Å². The van der Waals surface area contributed by atoms with Gasteiger partial charge in [0, 0.05) is 25.6 Å². The van der Waals surface area contributed by atoms with E-state index in [1.807, 2.05) is 0 Å². The van der Waals surface area contributed by atoms with Crippen molar-refractivity contribution in [3.05, 3.63) is 12.2 Å². The van der Waals surface area contributed by atoms with Crippen LogP contribution in [0.2, 0.25) is 0 Å². The van der Waals surface area contributed by atoms with Crippen molar-refractivity contribution in [2.24, 2.45) is 5.73 Å². The molecule has 5 heteroatoms. The number of nitrogens with two attached hydrogens (primary N) is 1. The second kappa shape index (κ2) is 3.85. The molecule has 5 nitrogen and oxygen atoms in total. The molecule has 72 valence electrons. The summed E-state index contributed by atoms with van der Waals surface area (Å²) in [5.41, 5.74) is 5.78. The molecule has 1 unspecified atom stereocenters. The number of likely N-dealkylation sites (tertiary alicyclic amines) is 1. The Bertz CT molecular complexity index is 249. The van der Waals surface area contributed by atoms with Crippen molar-refractivity contribution in [3.63, 3.8) is 0 Å². The maximum absolute atomic E-state index is 5.78. The van der Waals surface area contributed by atoms with Crippen molar-refractivity contribution < 1.29 is 4.52 Å². The van der Waals surface area contributed by atoms with Gasteiger partial charge in [-0.15, -0.1) is 0 Å². The van der Waals surface area contributed by atoms with Crippen LogP contribution in [0.25, 0.3) is 0 Å². The first-order valence-corrected chi connectivity index (χ1v) is 4.58. The number of nitrogens with zero attached hydrogens (tertiary/aromatic N) is 3. The van der Waals surface area contributed by atoms with Crippen LogP contribution in [0.4, 0.5) is 0 Å². The average molecular weight is 182 g/mol. The van der Waals surface area contributed by atoms with Gasteiger partial charge in [0.2, 0.25) is 6.39 Å². The summed E-state index contributed by atoms with van der Waals surface area (Å²) in [6, 6.07) is 0.352. The predicted molar refractivity (Wildman–Crippen MR) is 47.0 cm³/mol. The Kier molecular flexibility index (Phi) is 2.56. The molecule has 0 radical (unpaired) electrons. The minimum Gasteiger partial charge on any atom is -0.343 e. The summed E-state index contributed by atoms with van der Waals surface area (Å²) in [6.07, 6.45) is 3.32. The maximum atomic E-state index is 5.78. The molecule has 1 aromatic rings. The van der Waals surface area contributed by atoms with Gasteiger partial charge in [0.25, 0.3) is 0 Å². The molecule has 0 spiro atoms. The van der Waals surface area contributed by atoms with Crippen LogP contribution in [-0.2, 0) is 6.42 Å². The van der Waals surface area contributed by atoms with Crippen LogP contribution in [0.1, 0.15) is 12.2 Å². The molecule has 0 aromatic carbocycles. The van der Waals surface area contributed by atoms with Gasteiger partial charge in [-0.3, -0.25) is 0 Å². The minimum atomic E-state index is 0.352. The Morgan fingerprint density at radius 1 is 1.69 bits per heavy atom. The first-order valence-electron chi connectivity index (χ1n) is 4.58. The lowest BCUT2D eigenvalue weighted by Gasteiger charge is -2.12. The molecule has 1 aromatic heterocycles. The van der Waals surface area contributed by atoms with Crippen molar-refractivity contribution in [1.82, 2.24) is 15.0 Å². The lowest BCUT2D eigenvalue weighted by atomic mass is 10.3. The third-order valence-corrected chi connectivity index (χ3v) is 2.37. The smallest absolute Gasteiger partial charge is 0.213 e. The monoisotopic (exact) mass is 182 g/mol. The van der Waals surface area contributed by atoms with E-state index in [9.17, 15) is 0 Å². The summed E-state index contributed by atoms with van der Waals surface area (Å²) in [5, 5.41) is 3.75. The summed E-state index contributed by atoms with van der Waals surface area (Å²) in [7, 11) is 0. The van der Waals surface area contributed by atoms with E-state index >= 15 is 0 Å². The highest BCUT2D eigenvalue weighted by atomic mass is 16.5. The SMILES string of the molecule is NC1CCN(CCc2ncon2)C1. The van der Waals surface area contributed by atoms with Gasteiger partial charge in [0.1, 0.15) is 0 Å². The molecule has 1 fully saturated rings. The Morgan fingerprint density at radius 3 is 3.23 bits per heavy atom. The number of hydrogen-bond acceptors (Lipinski definition) is 5. The average Bonchev–Trinajstić information content (AvgIpc) is 2.71. The van der Waals surface area contributed by atoms with E-state index in [4.69, 9.17) is 5.73 Å². The molecule has 0 amide bonds. The van der Waals surface area contributed by atoms with Gasteiger partial charge in [-0.1, -0.05) is 5.16 Å². The Hall–Kier alpha value is -0.940. The van der Waals surface area contributed by atoms with Gasteiger partial charge in [-0.25, -0.2) is 0 Å². The molecule has 1 atom stereocenters. The van der Waals surface area contributed by atoms with Crippen LogP contribution >= 0.6 is 0 Å². The maximum Gasteiger partial charge on any atom is 0.213 e. The van der Waals surface area contributed by atoms with Crippen molar-refractivity contribution in [3.8, 4) is 0 Å². The molecular weight excluding hydrogens is 168 g/mol. The molecule has 0 bridgehead atoms. The highest BCUT2D eigenvalue weighted by molar-refractivity contribution is 4.83. The molecular formula is C8H14N4O. The molecule has 1 saturated heterocycles. The molecule has 2 rings (SSSR count). The summed E-state index contributed by atoms with van der Waals surface area (Å²) in [6.45, 7) is 3.07. The van der Waals surface area contributed by atoms with Crippen molar-refractivity contribution in [1.29, 1.82) is 0 Å². The zero-order valence-electron chi connectivity index (χ0n) is 7.52. The fourth-order valence-corrected chi connectivity index (χ4v) is 1.63. The first-order chi connectivity index (χ1) is 6.34. The molecule has 1 aliphatic rings. The van der Waals surface area contributed by atoms with E-state index in [2.05, 4.69) is 19.6 Å². The van der Waals surface area contributed by atoms with Gasteiger partial charge in [-0.2, -0.15) is 4.98 Å². The Labute approximate surface area is 76.9 Å². The normalized spacial score (nSPS) is 23.9. The van der Waals surface area contributed by atoms with Gasteiger partial charge in [-0.05, 0) is 13.0 Å². The zero-order chi connectivity index (χ0) is 9.10. The fraction of sp³-hybridized carbons (Fsp3) is 0.750. The van der Waals surface area contributed by atoms with Crippen LogP contribution in [0, 0.1) is 0 Å².